The van der Waals surface area contributed by atoms with Gasteiger partial charge in [0.05, 0.1) is 6.07 Å². The van der Waals surface area contributed by atoms with Gasteiger partial charge in [-0.3, -0.25) is 4.79 Å². The summed E-state index contributed by atoms with van der Waals surface area (Å²) in [7, 11) is 0. The Morgan fingerprint density at radius 1 is 1.21 bits per heavy atom. The average Bonchev–Trinajstić information content (AvgIpc) is 2.39. The summed E-state index contributed by atoms with van der Waals surface area (Å²) in [6.07, 6.45) is 0.706. The molecule has 0 saturated heterocycles. The molecule has 0 bridgehead atoms. The summed E-state index contributed by atoms with van der Waals surface area (Å²) in [5, 5.41) is 13.6. The molecule has 0 radical (unpaired) electrons. The third-order valence-electron chi connectivity index (χ3n) is 3.04. The van der Waals surface area contributed by atoms with E-state index >= 15 is 0 Å². The summed E-state index contributed by atoms with van der Waals surface area (Å²) in [6, 6.07) is 14.5. The SMILES string of the molecule is Cc1ccc2cc(CCNC(=O)CC#N)ccc2c1. The zero-order chi connectivity index (χ0) is 13.7. The van der Waals surface area contributed by atoms with Crippen molar-refractivity contribution in [1.29, 1.82) is 5.26 Å². The molecule has 0 spiro atoms. The van der Waals surface area contributed by atoms with Crippen LogP contribution in [0.4, 0.5) is 0 Å². The summed E-state index contributed by atoms with van der Waals surface area (Å²) in [4.78, 5) is 11.1. The number of hydrogen-bond acceptors (Lipinski definition) is 2. The van der Waals surface area contributed by atoms with E-state index in [-0.39, 0.29) is 12.3 Å². The lowest BCUT2D eigenvalue weighted by Crippen LogP contribution is -2.24. The van der Waals surface area contributed by atoms with E-state index in [1.54, 1.807) is 0 Å². The van der Waals surface area contributed by atoms with E-state index in [1.165, 1.54) is 21.9 Å². The topological polar surface area (TPSA) is 52.9 Å². The van der Waals surface area contributed by atoms with Gasteiger partial charge in [-0.05, 0) is 29.7 Å². The number of aryl methyl sites for hydroxylation is 1. The zero-order valence-electron chi connectivity index (χ0n) is 10.9. The van der Waals surface area contributed by atoms with Gasteiger partial charge in [-0.25, -0.2) is 0 Å². The maximum absolute atomic E-state index is 11.1. The molecule has 96 valence electrons. The number of fused-ring (bicyclic) bond motifs is 1. The van der Waals surface area contributed by atoms with Crippen LogP contribution in [0.2, 0.25) is 0 Å². The normalized spacial score (nSPS) is 10.1. The van der Waals surface area contributed by atoms with Crippen LogP contribution in [0.5, 0.6) is 0 Å². The number of carbonyl (C=O) groups is 1. The van der Waals surface area contributed by atoms with Crippen molar-refractivity contribution in [2.75, 3.05) is 6.54 Å². The van der Waals surface area contributed by atoms with Crippen molar-refractivity contribution in [3.8, 4) is 6.07 Å². The number of rotatable bonds is 4. The number of nitrogens with one attached hydrogen (secondary N) is 1. The maximum Gasteiger partial charge on any atom is 0.234 e. The van der Waals surface area contributed by atoms with E-state index in [0.717, 1.165) is 6.42 Å². The first-order chi connectivity index (χ1) is 9.19. The minimum atomic E-state index is -0.209. The highest BCUT2D eigenvalue weighted by molar-refractivity contribution is 5.83. The largest absolute Gasteiger partial charge is 0.355 e. The van der Waals surface area contributed by atoms with Gasteiger partial charge in [-0.15, -0.1) is 0 Å². The Hall–Kier alpha value is -2.34. The van der Waals surface area contributed by atoms with E-state index in [1.807, 2.05) is 6.07 Å². The highest BCUT2D eigenvalue weighted by atomic mass is 16.1. The standard InChI is InChI=1S/C16H16N2O/c1-12-2-4-15-11-13(3-5-14(15)10-12)7-9-18-16(19)6-8-17/h2-5,10-11H,6-7,9H2,1H3,(H,18,19). The first-order valence-electron chi connectivity index (χ1n) is 6.32. The predicted molar refractivity (Wildman–Crippen MR) is 75.6 cm³/mol. The van der Waals surface area contributed by atoms with E-state index in [9.17, 15) is 4.79 Å². The lowest BCUT2D eigenvalue weighted by atomic mass is 10.0. The molecule has 2 rings (SSSR count). The van der Waals surface area contributed by atoms with Crippen molar-refractivity contribution < 1.29 is 4.79 Å². The van der Waals surface area contributed by atoms with Gasteiger partial charge in [-0.2, -0.15) is 5.26 Å². The molecular formula is C16H16N2O. The molecule has 0 aliphatic heterocycles. The predicted octanol–water partition coefficient (Wildman–Crippen LogP) is 2.72. The van der Waals surface area contributed by atoms with Gasteiger partial charge in [0, 0.05) is 6.54 Å². The molecule has 0 aromatic heterocycles. The molecule has 0 aliphatic rings. The fourth-order valence-corrected chi connectivity index (χ4v) is 2.05. The fraction of sp³-hybridized carbons (Fsp3) is 0.250. The molecule has 0 atom stereocenters. The summed E-state index contributed by atoms with van der Waals surface area (Å²) >= 11 is 0. The summed E-state index contributed by atoms with van der Waals surface area (Å²) in [6.45, 7) is 2.65. The Morgan fingerprint density at radius 2 is 1.95 bits per heavy atom. The molecule has 0 heterocycles. The quantitative estimate of drug-likeness (QED) is 0.909. The van der Waals surface area contributed by atoms with Crippen molar-refractivity contribution >= 4 is 16.7 Å². The number of benzene rings is 2. The van der Waals surface area contributed by atoms with Crippen LogP contribution in [-0.4, -0.2) is 12.5 Å². The third-order valence-corrected chi connectivity index (χ3v) is 3.04. The molecular weight excluding hydrogens is 236 g/mol. The Morgan fingerprint density at radius 3 is 2.74 bits per heavy atom. The Labute approximate surface area is 112 Å². The van der Waals surface area contributed by atoms with Crippen LogP contribution in [0.15, 0.2) is 36.4 Å². The zero-order valence-corrected chi connectivity index (χ0v) is 10.9. The van der Waals surface area contributed by atoms with Crippen LogP contribution >= 0.6 is 0 Å². The van der Waals surface area contributed by atoms with Crippen molar-refractivity contribution in [1.82, 2.24) is 5.32 Å². The van der Waals surface area contributed by atoms with Gasteiger partial charge in [0.1, 0.15) is 6.42 Å². The fourth-order valence-electron chi connectivity index (χ4n) is 2.05. The lowest BCUT2D eigenvalue weighted by Gasteiger charge is -2.05. The molecule has 0 unspecified atom stereocenters. The molecule has 0 fully saturated rings. The Bertz CT molecular complexity index is 641. The van der Waals surface area contributed by atoms with Gasteiger partial charge in [-0.1, -0.05) is 42.0 Å². The molecule has 0 aliphatic carbocycles. The van der Waals surface area contributed by atoms with Crippen LogP contribution in [0.25, 0.3) is 10.8 Å². The first kappa shape index (κ1) is 13.1. The molecule has 1 amide bonds. The molecule has 0 saturated carbocycles. The minimum absolute atomic E-state index is 0.0724. The van der Waals surface area contributed by atoms with Gasteiger partial charge < -0.3 is 5.32 Å². The second-order valence-electron chi connectivity index (χ2n) is 4.62. The Kier molecular flexibility index (Phi) is 4.15. The van der Waals surface area contributed by atoms with E-state index in [0.29, 0.717) is 6.54 Å². The molecule has 2 aromatic rings. The highest BCUT2D eigenvalue weighted by Crippen LogP contribution is 2.17. The van der Waals surface area contributed by atoms with E-state index < -0.39 is 0 Å². The summed E-state index contributed by atoms with van der Waals surface area (Å²) < 4.78 is 0. The first-order valence-corrected chi connectivity index (χ1v) is 6.32. The monoisotopic (exact) mass is 252 g/mol. The second kappa shape index (κ2) is 6.01. The number of nitriles is 1. The second-order valence-corrected chi connectivity index (χ2v) is 4.62. The third kappa shape index (κ3) is 3.56. The number of hydrogen-bond donors (Lipinski definition) is 1. The van der Waals surface area contributed by atoms with Gasteiger partial charge in [0.15, 0.2) is 0 Å². The maximum atomic E-state index is 11.1. The average molecular weight is 252 g/mol. The van der Waals surface area contributed by atoms with Crippen molar-refractivity contribution in [2.24, 2.45) is 0 Å². The summed E-state index contributed by atoms with van der Waals surface area (Å²) in [5.74, 6) is -0.209. The molecule has 1 N–H and O–H groups in total. The Balaban J connectivity index is 2.00. The van der Waals surface area contributed by atoms with E-state index in [4.69, 9.17) is 5.26 Å². The molecule has 3 nitrogen and oxygen atoms in total. The van der Waals surface area contributed by atoms with Crippen LogP contribution in [0, 0.1) is 18.3 Å². The van der Waals surface area contributed by atoms with Crippen molar-refractivity contribution in [3.63, 3.8) is 0 Å². The molecule has 2 aromatic carbocycles. The van der Waals surface area contributed by atoms with Gasteiger partial charge in [0.2, 0.25) is 5.91 Å². The van der Waals surface area contributed by atoms with Gasteiger partial charge >= 0.3 is 0 Å². The smallest absolute Gasteiger partial charge is 0.234 e. The van der Waals surface area contributed by atoms with Crippen LogP contribution in [0.3, 0.4) is 0 Å². The minimum Gasteiger partial charge on any atom is -0.355 e. The molecule has 3 heteroatoms. The lowest BCUT2D eigenvalue weighted by molar-refractivity contribution is -0.120. The number of carbonyl (C=O) groups excluding carboxylic acids is 1. The summed E-state index contributed by atoms with van der Waals surface area (Å²) in [5.41, 5.74) is 2.44. The molecule has 19 heavy (non-hydrogen) atoms. The van der Waals surface area contributed by atoms with Crippen molar-refractivity contribution in [2.45, 2.75) is 19.8 Å². The van der Waals surface area contributed by atoms with Gasteiger partial charge in [0.25, 0.3) is 0 Å². The highest BCUT2D eigenvalue weighted by Gasteiger charge is 2.00. The number of nitrogens with zero attached hydrogens (tertiary/aromatic N) is 1. The van der Waals surface area contributed by atoms with Crippen LogP contribution < -0.4 is 5.32 Å². The number of amides is 1. The van der Waals surface area contributed by atoms with Crippen molar-refractivity contribution in [3.05, 3.63) is 47.5 Å². The van der Waals surface area contributed by atoms with Crippen LogP contribution in [-0.2, 0) is 11.2 Å². The van der Waals surface area contributed by atoms with Crippen LogP contribution in [0.1, 0.15) is 17.5 Å². The van der Waals surface area contributed by atoms with E-state index in [2.05, 4.69) is 48.6 Å².